The molecule has 0 aliphatic heterocycles. The van der Waals surface area contributed by atoms with Gasteiger partial charge in [0.05, 0.1) is 12.1 Å². The molecule has 0 unspecified atom stereocenters. The molecule has 25 heavy (non-hydrogen) atoms. The van der Waals surface area contributed by atoms with E-state index < -0.39 is 18.1 Å². The number of aliphatic carboxylic acids is 1. The van der Waals surface area contributed by atoms with E-state index in [1.54, 1.807) is 7.05 Å². The second-order valence-corrected chi connectivity index (χ2v) is 6.65. The van der Waals surface area contributed by atoms with Crippen molar-refractivity contribution in [1.29, 1.82) is 0 Å². The molecule has 0 radical (unpaired) electrons. The molecule has 7 nitrogen and oxygen atoms in total. The van der Waals surface area contributed by atoms with Crippen LogP contribution in [0, 0.1) is 11.8 Å². The largest absolute Gasteiger partial charge is 0.480 e. The number of carboxylic acids is 1. The van der Waals surface area contributed by atoms with Gasteiger partial charge >= 0.3 is 5.97 Å². The normalized spacial score (nSPS) is 21.6. The van der Waals surface area contributed by atoms with Gasteiger partial charge in [-0.1, -0.05) is 38.2 Å². The molecule has 0 bridgehead atoms. The third kappa shape index (κ3) is 7.09. The van der Waals surface area contributed by atoms with Crippen molar-refractivity contribution in [3.8, 4) is 0 Å². The summed E-state index contributed by atoms with van der Waals surface area (Å²) >= 11 is 0. The lowest BCUT2D eigenvalue weighted by Gasteiger charge is -2.23. The van der Waals surface area contributed by atoms with Crippen LogP contribution >= 0.6 is 0 Å². The van der Waals surface area contributed by atoms with E-state index >= 15 is 0 Å². The van der Waals surface area contributed by atoms with Gasteiger partial charge in [-0.25, -0.2) is 4.79 Å². The van der Waals surface area contributed by atoms with Crippen molar-refractivity contribution >= 4 is 17.8 Å². The molecule has 2 atom stereocenters. The predicted octanol–water partition coefficient (Wildman–Crippen LogP) is 0.827. The highest BCUT2D eigenvalue weighted by Crippen LogP contribution is 2.17. The first-order chi connectivity index (χ1) is 11.7. The van der Waals surface area contributed by atoms with Gasteiger partial charge in [-0.15, -0.1) is 0 Å². The van der Waals surface area contributed by atoms with Crippen LogP contribution in [0.25, 0.3) is 0 Å². The smallest absolute Gasteiger partial charge is 0.326 e. The summed E-state index contributed by atoms with van der Waals surface area (Å²) in [7, 11) is 1.68. The van der Waals surface area contributed by atoms with Gasteiger partial charge in [0.25, 0.3) is 0 Å². The Morgan fingerprint density at radius 3 is 2.16 bits per heavy atom. The summed E-state index contributed by atoms with van der Waals surface area (Å²) < 4.78 is 0. The van der Waals surface area contributed by atoms with Gasteiger partial charge in [-0.3, -0.25) is 9.59 Å². The fourth-order valence-electron chi connectivity index (χ4n) is 2.82. The van der Waals surface area contributed by atoms with Crippen LogP contribution in [0.3, 0.4) is 0 Å². The highest BCUT2D eigenvalue weighted by molar-refractivity contribution is 5.87. The number of nitrogens with one attached hydrogen (secondary N) is 3. The molecule has 0 aromatic rings. The molecule has 0 aromatic carbocycles. The Bertz CT molecular complexity index is 528. The maximum absolute atomic E-state index is 12.2. The van der Waals surface area contributed by atoms with Crippen LogP contribution in [0.15, 0.2) is 24.3 Å². The van der Waals surface area contributed by atoms with Crippen LogP contribution in [0.1, 0.15) is 33.6 Å². The zero-order valence-electron chi connectivity index (χ0n) is 15.3. The molecule has 7 heteroatoms. The van der Waals surface area contributed by atoms with Crippen molar-refractivity contribution in [2.24, 2.45) is 11.8 Å². The summed E-state index contributed by atoms with van der Waals surface area (Å²) in [5, 5.41) is 17.7. The highest BCUT2D eigenvalue weighted by Gasteiger charge is 2.26. The van der Waals surface area contributed by atoms with E-state index in [4.69, 9.17) is 0 Å². The van der Waals surface area contributed by atoms with Gasteiger partial charge in [0.2, 0.25) is 11.8 Å². The molecule has 0 saturated heterocycles. The maximum atomic E-state index is 12.2. The maximum Gasteiger partial charge on any atom is 0.326 e. The molecule has 2 amide bonds. The standard InChI is InChI=1S/C18H29N3O4/c1-11(2)16(19-4)17(23)21-15(18(24)25)10-7-13-5-8-14(9-6-13)20-12(3)22/h5-6,8-9,11,13-16,19H,7,10H2,1-4H3,(H,20,22)(H,21,23)(H,24,25)/t13?,14?,15-,16-/m0/s1. The van der Waals surface area contributed by atoms with Crippen LogP contribution < -0.4 is 16.0 Å². The lowest BCUT2D eigenvalue weighted by atomic mass is 9.94. The quantitative estimate of drug-likeness (QED) is 0.460. The van der Waals surface area contributed by atoms with Crippen LogP contribution in [0.5, 0.6) is 0 Å². The number of likely N-dealkylation sites (N-methyl/N-ethyl adjacent to an activating group) is 1. The fourth-order valence-corrected chi connectivity index (χ4v) is 2.82. The third-order valence-corrected chi connectivity index (χ3v) is 4.16. The summed E-state index contributed by atoms with van der Waals surface area (Å²) in [6, 6.07) is -1.46. The molecule has 0 fully saturated rings. The second-order valence-electron chi connectivity index (χ2n) is 6.65. The third-order valence-electron chi connectivity index (χ3n) is 4.16. The Balaban J connectivity index is 2.55. The van der Waals surface area contributed by atoms with Crippen molar-refractivity contribution in [2.45, 2.75) is 51.7 Å². The monoisotopic (exact) mass is 351 g/mol. The van der Waals surface area contributed by atoms with Crippen LogP contribution in [0.4, 0.5) is 0 Å². The zero-order valence-corrected chi connectivity index (χ0v) is 15.3. The fraction of sp³-hybridized carbons (Fsp3) is 0.611. The first-order valence-corrected chi connectivity index (χ1v) is 8.58. The Kier molecular flexibility index (Phi) is 8.34. The van der Waals surface area contributed by atoms with E-state index in [1.165, 1.54) is 6.92 Å². The minimum absolute atomic E-state index is 0.0642. The summed E-state index contributed by atoms with van der Waals surface area (Å²) in [6.07, 6.45) is 8.60. The average Bonchev–Trinajstić information content (AvgIpc) is 2.52. The van der Waals surface area contributed by atoms with Crippen molar-refractivity contribution in [1.82, 2.24) is 16.0 Å². The number of carbonyl (C=O) groups is 3. The van der Waals surface area contributed by atoms with E-state index in [9.17, 15) is 19.5 Å². The Morgan fingerprint density at radius 2 is 1.72 bits per heavy atom. The lowest BCUT2D eigenvalue weighted by molar-refractivity contribution is -0.142. The van der Waals surface area contributed by atoms with Gasteiger partial charge in [-0.05, 0) is 31.7 Å². The topological polar surface area (TPSA) is 108 Å². The molecule has 1 aliphatic carbocycles. The molecule has 1 rings (SSSR count). The number of allylic oxidation sites excluding steroid dienone is 2. The van der Waals surface area contributed by atoms with Crippen molar-refractivity contribution in [2.75, 3.05) is 7.05 Å². The summed E-state index contributed by atoms with van der Waals surface area (Å²) in [4.78, 5) is 34.7. The first-order valence-electron chi connectivity index (χ1n) is 8.58. The molecular formula is C18H29N3O4. The molecular weight excluding hydrogens is 322 g/mol. The van der Waals surface area contributed by atoms with E-state index in [2.05, 4.69) is 16.0 Å². The van der Waals surface area contributed by atoms with E-state index in [1.807, 2.05) is 38.2 Å². The van der Waals surface area contributed by atoms with Gasteiger partial charge in [0.1, 0.15) is 6.04 Å². The average molecular weight is 351 g/mol. The van der Waals surface area contributed by atoms with E-state index in [0.29, 0.717) is 12.8 Å². The van der Waals surface area contributed by atoms with Crippen molar-refractivity contribution in [3.63, 3.8) is 0 Å². The van der Waals surface area contributed by atoms with Crippen LogP contribution in [0.2, 0.25) is 0 Å². The minimum Gasteiger partial charge on any atom is -0.480 e. The van der Waals surface area contributed by atoms with Crippen molar-refractivity contribution < 1.29 is 19.5 Å². The van der Waals surface area contributed by atoms with Crippen molar-refractivity contribution in [3.05, 3.63) is 24.3 Å². The highest BCUT2D eigenvalue weighted by atomic mass is 16.4. The Morgan fingerprint density at radius 1 is 1.12 bits per heavy atom. The summed E-state index contributed by atoms with van der Waals surface area (Å²) in [6.45, 7) is 5.27. The number of amides is 2. The molecule has 4 N–H and O–H groups in total. The molecule has 140 valence electrons. The summed E-state index contributed by atoms with van der Waals surface area (Å²) in [5.41, 5.74) is 0. The number of carboxylic acid groups (broad SMARTS) is 1. The summed E-state index contributed by atoms with van der Waals surface area (Å²) in [5.74, 6) is -1.28. The Hall–Kier alpha value is -2.15. The molecule has 0 spiro atoms. The molecule has 1 aliphatic rings. The van der Waals surface area contributed by atoms with Gasteiger partial charge < -0.3 is 21.1 Å². The zero-order chi connectivity index (χ0) is 19.0. The SMILES string of the molecule is CN[C@H](C(=O)N[C@@H](CCC1C=CC(NC(C)=O)C=C1)C(=O)O)C(C)C. The van der Waals surface area contributed by atoms with E-state index in [0.717, 1.165) is 0 Å². The first kappa shape index (κ1) is 20.9. The minimum atomic E-state index is -1.04. The second kappa shape index (κ2) is 9.98. The number of hydrogen-bond donors (Lipinski definition) is 4. The van der Waals surface area contributed by atoms with Crippen LogP contribution in [-0.4, -0.2) is 48.1 Å². The Labute approximate surface area is 148 Å². The molecule has 0 saturated carbocycles. The van der Waals surface area contributed by atoms with E-state index in [-0.39, 0.29) is 29.7 Å². The number of carbonyl (C=O) groups excluding carboxylic acids is 2. The molecule has 0 heterocycles. The number of rotatable bonds is 9. The van der Waals surface area contributed by atoms with Gasteiger partial charge in [-0.2, -0.15) is 0 Å². The van der Waals surface area contributed by atoms with Crippen LogP contribution in [-0.2, 0) is 14.4 Å². The predicted molar refractivity (Wildman–Crippen MR) is 95.9 cm³/mol. The lowest BCUT2D eigenvalue weighted by Crippen LogP contribution is -2.51. The van der Waals surface area contributed by atoms with Gasteiger partial charge in [0.15, 0.2) is 0 Å². The van der Waals surface area contributed by atoms with Gasteiger partial charge in [0, 0.05) is 6.92 Å². The number of hydrogen-bond acceptors (Lipinski definition) is 4. The molecule has 0 aromatic heterocycles.